The molecule has 0 aliphatic rings. The summed E-state index contributed by atoms with van der Waals surface area (Å²) >= 11 is 0. The third kappa shape index (κ3) is 4.01. The Morgan fingerprint density at radius 2 is 2.05 bits per heavy atom. The van der Waals surface area contributed by atoms with Crippen molar-refractivity contribution in [1.82, 2.24) is 15.3 Å². The minimum Gasteiger partial charge on any atom is -0.329 e. The molecule has 0 aliphatic carbocycles. The average Bonchev–Trinajstić information content (AvgIpc) is 2.53. The molecule has 22 heavy (non-hydrogen) atoms. The van der Waals surface area contributed by atoms with E-state index in [2.05, 4.69) is 22.2 Å². The molecule has 4 heteroatoms. The molecule has 0 saturated carbocycles. The quantitative estimate of drug-likeness (QED) is 0.912. The van der Waals surface area contributed by atoms with E-state index in [0.717, 1.165) is 29.7 Å². The number of allylic oxidation sites excluding steroid dienone is 1. The minimum absolute atomic E-state index is 0.147. The van der Waals surface area contributed by atoms with Gasteiger partial charge in [0.1, 0.15) is 0 Å². The molecule has 0 aliphatic heterocycles. The van der Waals surface area contributed by atoms with E-state index in [-0.39, 0.29) is 5.91 Å². The predicted molar refractivity (Wildman–Crippen MR) is 88.5 cm³/mol. The second-order valence-electron chi connectivity index (χ2n) is 5.24. The molecular formula is C18H21N3O. The van der Waals surface area contributed by atoms with Crippen molar-refractivity contribution >= 4 is 5.91 Å². The Balaban J connectivity index is 2.23. The number of amides is 1. The number of aromatic nitrogens is 2. The summed E-state index contributed by atoms with van der Waals surface area (Å²) < 4.78 is 0. The van der Waals surface area contributed by atoms with E-state index in [1.54, 1.807) is 12.4 Å². The summed E-state index contributed by atoms with van der Waals surface area (Å²) in [6.45, 7) is 5.92. The fourth-order valence-electron chi connectivity index (χ4n) is 2.00. The number of carbonyl (C=O) groups excluding carboxylic acids is 1. The maximum absolute atomic E-state index is 12.2. The number of aryl methyl sites for hydroxylation is 2. The minimum atomic E-state index is -0.147. The second-order valence-corrected chi connectivity index (χ2v) is 5.24. The highest BCUT2D eigenvalue weighted by Crippen LogP contribution is 2.19. The van der Waals surface area contributed by atoms with Gasteiger partial charge in [-0.15, -0.1) is 0 Å². The van der Waals surface area contributed by atoms with Crippen LogP contribution >= 0.6 is 0 Å². The smallest absolute Gasteiger partial charge is 0.257 e. The first-order valence-corrected chi connectivity index (χ1v) is 7.47. The molecule has 4 nitrogen and oxygen atoms in total. The zero-order chi connectivity index (χ0) is 15.9. The van der Waals surface area contributed by atoms with Crippen molar-refractivity contribution in [2.24, 2.45) is 0 Å². The SMILES string of the molecule is CCC/C=C/NC(=O)c1cc(-c2ccc(C)cn2)cnc1C. The summed E-state index contributed by atoms with van der Waals surface area (Å²) in [5.74, 6) is -0.147. The summed E-state index contributed by atoms with van der Waals surface area (Å²) in [5.41, 5.74) is 4.03. The van der Waals surface area contributed by atoms with Crippen LogP contribution in [0.5, 0.6) is 0 Å². The van der Waals surface area contributed by atoms with Crippen LogP contribution in [0.1, 0.15) is 41.4 Å². The van der Waals surface area contributed by atoms with Crippen LogP contribution in [0.4, 0.5) is 0 Å². The lowest BCUT2D eigenvalue weighted by Gasteiger charge is -2.07. The Morgan fingerprint density at radius 1 is 1.23 bits per heavy atom. The topological polar surface area (TPSA) is 54.9 Å². The van der Waals surface area contributed by atoms with Gasteiger partial charge in [-0.25, -0.2) is 0 Å². The van der Waals surface area contributed by atoms with Crippen LogP contribution in [0, 0.1) is 13.8 Å². The number of rotatable bonds is 5. The summed E-state index contributed by atoms with van der Waals surface area (Å²) in [5, 5.41) is 2.78. The van der Waals surface area contributed by atoms with Crippen molar-refractivity contribution in [3.8, 4) is 11.3 Å². The zero-order valence-corrected chi connectivity index (χ0v) is 13.3. The molecule has 2 aromatic heterocycles. The van der Waals surface area contributed by atoms with E-state index in [1.165, 1.54) is 0 Å². The lowest BCUT2D eigenvalue weighted by atomic mass is 10.1. The lowest BCUT2D eigenvalue weighted by Crippen LogP contribution is -2.18. The summed E-state index contributed by atoms with van der Waals surface area (Å²) in [6.07, 6.45) is 9.21. The molecular weight excluding hydrogens is 274 g/mol. The van der Waals surface area contributed by atoms with Crippen LogP contribution in [0.15, 0.2) is 42.9 Å². The molecule has 0 unspecified atom stereocenters. The lowest BCUT2D eigenvalue weighted by molar-refractivity contribution is 0.0969. The normalized spacial score (nSPS) is 10.9. The number of hydrogen-bond acceptors (Lipinski definition) is 3. The molecule has 1 amide bonds. The van der Waals surface area contributed by atoms with Crippen LogP contribution in [0.25, 0.3) is 11.3 Å². The van der Waals surface area contributed by atoms with Gasteiger partial charge < -0.3 is 5.32 Å². The van der Waals surface area contributed by atoms with Crippen molar-refractivity contribution in [2.75, 3.05) is 0 Å². The Kier molecular flexibility index (Phi) is 5.42. The van der Waals surface area contributed by atoms with Gasteiger partial charge >= 0.3 is 0 Å². The van der Waals surface area contributed by atoms with Crippen molar-refractivity contribution in [1.29, 1.82) is 0 Å². The number of unbranched alkanes of at least 4 members (excludes halogenated alkanes) is 1. The van der Waals surface area contributed by atoms with Gasteiger partial charge in [-0.2, -0.15) is 0 Å². The summed E-state index contributed by atoms with van der Waals surface area (Å²) in [7, 11) is 0. The monoisotopic (exact) mass is 295 g/mol. The Hall–Kier alpha value is -2.49. The average molecular weight is 295 g/mol. The van der Waals surface area contributed by atoms with Crippen molar-refractivity contribution < 1.29 is 4.79 Å². The molecule has 0 radical (unpaired) electrons. The number of nitrogens with one attached hydrogen (secondary N) is 1. The van der Waals surface area contributed by atoms with Gasteiger partial charge in [0, 0.05) is 24.2 Å². The molecule has 0 bridgehead atoms. The fraction of sp³-hybridized carbons (Fsp3) is 0.278. The zero-order valence-electron chi connectivity index (χ0n) is 13.3. The first-order chi connectivity index (χ1) is 10.6. The maximum Gasteiger partial charge on any atom is 0.257 e. The molecule has 2 aromatic rings. The van der Waals surface area contributed by atoms with Gasteiger partial charge in [-0.1, -0.05) is 25.5 Å². The van der Waals surface area contributed by atoms with Crippen molar-refractivity contribution in [2.45, 2.75) is 33.6 Å². The summed E-state index contributed by atoms with van der Waals surface area (Å²) in [4.78, 5) is 20.9. The third-order valence-corrected chi connectivity index (χ3v) is 3.33. The van der Waals surface area contributed by atoms with Gasteiger partial charge in [-0.3, -0.25) is 14.8 Å². The molecule has 114 valence electrons. The van der Waals surface area contributed by atoms with Crippen molar-refractivity contribution in [3.05, 3.63) is 59.7 Å². The van der Waals surface area contributed by atoms with E-state index in [4.69, 9.17) is 0 Å². The molecule has 1 N–H and O–H groups in total. The van der Waals surface area contributed by atoms with Crippen LogP contribution in [-0.4, -0.2) is 15.9 Å². The van der Waals surface area contributed by atoms with E-state index in [0.29, 0.717) is 11.3 Å². The number of hydrogen-bond donors (Lipinski definition) is 1. The van der Waals surface area contributed by atoms with Gasteiger partial charge in [0.25, 0.3) is 5.91 Å². The van der Waals surface area contributed by atoms with Crippen LogP contribution < -0.4 is 5.32 Å². The first-order valence-electron chi connectivity index (χ1n) is 7.47. The molecule has 0 saturated heterocycles. The number of pyridine rings is 2. The molecule has 0 fully saturated rings. The van der Waals surface area contributed by atoms with E-state index >= 15 is 0 Å². The third-order valence-electron chi connectivity index (χ3n) is 3.33. The molecule has 2 heterocycles. The fourth-order valence-corrected chi connectivity index (χ4v) is 2.00. The Labute approximate surface area is 131 Å². The van der Waals surface area contributed by atoms with E-state index in [9.17, 15) is 4.79 Å². The van der Waals surface area contributed by atoms with E-state index in [1.807, 2.05) is 44.3 Å². The maximum atomic E-state index is 12.2. The van der Waals surface area contributed by atoms with Crippen LogP contribution in [0.2, 0.25) is 0 Å². The largest absolute Gasteiger partial charge is 0.329 e. The first kappa shape index (κ1) is 15.9. The molecule has 0 atom stereocenters. The van der Waals surface area contributed by atoms with Gasteiger partial charge in [-0.05, 0) is 38.0 Å². The van der Waals surface area contributed by atoms with Gasteiger partial charge in [0.05, 0.1) is 17.0 Å². The molecule has 2 rings (SSSR count). The Bertz CT molecular complexity index is 675. The number of nitrogens with zero attached hydrogens (tertiary/aromatic N) is 2. The predicted octanol–water partition coefficient (Wildman–Crippen LogP) is 3.80. The summed E-state index contributed by atoms with van der Waals surface area (Å²) in [6, 6.07) is 5.77. The molecule has 0 aromatic carbocycles. The second kappa shape index (κ2) is 7.50. The van der Waals surface area contributed by atoms with Crippen LogP contribution in [-0.2, 0) is 0 Å². The van der Waals surface area contributed by atoms with Gasteiger partial charge in [0.15, 0.2) is 0 Å². The van der Waals surface area contributed by atoms with Crippen LogP contribution in [0.3, 0.4) is 0 Å². The Morgan fingerprint density at radius 3 is 2.73 bits per heavy atom. The standard InChI is InChI=1S/C18H21N3O/c1-4-5-6-9-19-18(22)16-10-15(12-20-14(16)3)17-8-7-13(2)11-21-17/h6-12H,4-5H2,1-3H3,(H,19,22)/b9-6+. The highest BCUT2D eigenvalue weighted by atomic mass is 16.1. The highest BCUT2D eigenvalue weighted by Gasteiger charge is 2.11. The highest BCUT2D eigenvalue weighted by molar-refractivity contribution is 5.96. The van der Waals surface area contributed by atoms with Gasteiger partial charge in [0.2, 0.25) is 0 Å². The van der Waals surface area contributed by atoms with Crippen molar-refractivity contribution in [3.63, 3.8) is 0 Å². The number of carbonyl (C=O) groups is 1. The molecule has 0 spiro atoms. The van der Waals surface area contributed by atoms with E-state index < -0.39 is 0 Å².